The molecule has 0 saturated carbocycles. The van der Waals surface area contributed by atoms with Crippen LogP contribution in [0.2, 0.25) is 0 Å². The summed E-state index contributed by atoms with van der Waals surface area (Å²) in [5, 5.41) is 12.3. The molecule has 2 heterocycles. The number of amides is 1. The molecule has 0 radical (unpaired) electrons. The maximum Gasteiger partial charge on any atom is 0.224 e. The number of pyridine rings is 1. The fourth-order valence-corrected chi connectivity index (χ4v) is 2.70. The first kappa shape index (κ1) is 15.1. The number of nitrogens with zero attached hydrogens (tertiary/aromatic N) is 2. The molecule has 5 nitrogen and oxygen atoms in total. The zero-order valence-electron chi connectivity index (χ0n) is 13.2. The summed E-state index contributed by atoms with van der Waals surface area (Å²) in [6, 6.07) is 10.8. The number of nitrogens with one attached hydrogen (secondary N) is 1. The van der Waals surface area contributed by atoms with Crippen molar-refractivity contribution < 1.29 is 9.90 Å². The zero-order valence-corrected chi connectivity index (χ0v) is 13.2. The number of anilines is 1. The van der Waals surface area contributed by atoms with E-state index in [1.807, 2.05) is 42.6 Å². The molecule has 0 atom stereocenters. The minimum atomic E-state index is -0.0518. The Morgan fingerprint density at radius 1 is 1.26 bits per heavy atom. The Hall–Kier alpha value is -2.82. The average Bonchev–Trinajstić information content (AvgIpc) is 2.83. The van der Waals surface area contributed by atoms with E-state index in [2.05, 4.69) is 10.3 Å². The van der Waals surface area contributed by atoms with Crippen LogP contribution in [0.15, 0.2) is 42.6 Å². The van der Waals surface area contributed by atoms with Gasteiger partial charge in [-0.3, -0.25) is 4.79 Å². The van der Waals surface area contributed by atoms with Crippen LogP contribution in [0.1, 0.15) is 23.4 Å². The van der Waals surface area contributed by atoms with Gasteiger partial charge in [-0.25, -0.2) is 4.98 Å². The van der Waals surface area contributed by atoms with Crippen LogP contribution in [0.4, 0.5) is 5.69 Å². The van der Waals surface area contributed by atoms with Gasteiger partial charge in [0.15, 0.2) is 0 Å². The molecule has 1 aromatic carbocycles. The number of aryl methyl sites for hydroxylation is 3. The third kappa shape index (κ3) is 3.18. The monoisotopic (exact) mass is 309 g/mol. The predicted octanol–water partition coefficient (Wildman–Crippen LogP) is 3.23. The van der Waals surface area contributed by atoms with E-state index in [4.69, 9.17) is 0 Å². The first-order valence-corrected chi connectivity index (χ1v) is 7.56. The number of hydrogen-bond acceptors (Lipinski definition) is 3. The van der Waals surface area contributed by atoms with Crippen molar-refractivity contribution in [2.75, 3.05) is 5.32 Å². The molecule has 0 aliphatic heterocycles. The lowest BCUT2D eigenvalue weighted by Crippen LogP contribution is -2.13. The second-order valence-corrected chi connectivity index (χ2v) is 5.62. The number of aromatic nitrogens is 2. The van der Waals surface area contributed by atoms with Gasteiger partial charge in [-0.2, -0.15) is 0 Å². The first-order valence-electron chi connectivity index (χ1n) is 7.56. The second-order valence-electron chi connectivity index (χ2n) is 5.62. The van der Waals surface area contributed by atoms with Crippen molar-refractivity contribution in [1.29, 1.82) is 0 Å². The van der Waals surface area contributed by atoms with Crippen LogP contribution in [-0.4, -0.2) is 20.4 Å². The minimum Gasteiger partial charge on any atom is -0.508 e. The quantitative estimate of drug-likeness (QED) is 0.727. The van der Waals surface area contributed by atoms with E-state index in [0.717, 1.165) is 28.3 Å². The smallest absolute Gasteiger partial charge is 0.224 e. The summed E-state index contributed by atoms with van der Waals surface area (Å²) in [6.07, 6.45) is 2.97. The Morgan fingerprint density at radius 2 is 2.09 bits per heavy atom. The third-order valence-electron chi connectivity index (χ3n) is 3.90. The highest BCUT2D eigenvalue weighted by Crippen LogP contribution is 2.20. The van der Waals surface area contributed by atoms with Crippen LogP contribution in [0.25, 0.3) is 5.65 Å². The topological polar surface area (TPSA) is 66.6 Å². The van der Waals surface area contributed by atoms with Gasteiger partial charge in [0.25, 0.3) is 0 Å². The lowest BCUT2D eigenvalue weighted by atomic mass is 10.1. The molecule has 0 spiro atoms. The molecule has 2 N–H and O–H groups in total. The highest BCUT2D eigenvalue weighted by Gasteiger charge is 2.11. The Bertz CT molecular complexity index is 868. The number of phenolic OH excluding ortho intramolecular Hbond substituents is 1. The maximum absolute atomic E-state index is 12.2. The molecule has 3 rings (SSSR count). The van der Waals surface area contributed by atoms with Gasteiger partial charge in [-0.05, 0) is 56.2 Å². The lowest BCUT2D eigenvalue weighted by Gasteiger charge is -2.09. The van der Waals surface area contributed by atoms with Crippen LogP contribution in [-0.2, 0) is 11.2 Å². The van der Waals surface area contributed by atoms with Crippen molar-refractivity contribution in [2.24, 2.45) is 0 Å². The summed E-state index contributed by atoms with van der Waals surface area (Å²) < 4.78 is 2.02. The van der Waals surface area contributed by atoms with Gasteiger partial charge in [-0.15, -0.1) is 0 Å². The number of aromatic hydroxyl groups is 1. The van der Waals surface area contributed by atoms with Crippen molar-refractivity contribution >= 4 is 17.2 Å². The first-order chi connectivity index (χ1) is 11.0. The van der Waals surface area contributed by atoms with E-state index in [0.29, 0.717) is 12.8 Å². The van der Waals surface area contributed by atoms with Crippen LogP contribution in [0.3, 0.4) is 0 Å². The molecule has 2 aromatic heterocycles. The van der Waals surface area contributed by atoms with Crippen LogP contribution < -0.4 is 5.32 Å². The molecule has 0 aliphatic carbocycles. The Labute approximate surface area is 134 Å². The van der Waals surface area contributed by atoms with Crippen molar-refractivity contribution in [1.82, 2.24) is 9.38 Å². The Morgan fingerprint density at radius 3 is 2.87 bits per heavy atom. The van der Waals surface area contributed by atoms with Gasteiger partial charge in [0, 0.05) is 24.0 Å². The molecular weight excluding hydrogens is 290 g/mol. The van der Waals surface area contributed by atoms with Crippen molar-refractivity contribution in [3.05, 3.63) is 59.5 Å². The molecular formula is C18H19N3O2. The van der Waals surface area contributed by atoms with E-state index in [1.54, 1.807) is 18.2 Å². The lowest BCUT2D eigenvalue weighted by molar-refractivity contribution is -0.116. The van der Waals surface area contributed by atoms with Crippen molar-refractivity contribution in [3.8, 4) is 5.75 Å². The molecule has 0 fully saturated rings. The normalized spacial score (nSPS) is 10.9. The van der Waals surface area contributed by atoms with E-state index < -0.39 is 0 Å². The second kappa shape index (κ2) is 6.12. The number of rotatable bonds is 4. The molecule has 0 saturated heterocycles. The summed E-state index contributed by atoms with van der Waals surface area (Å²) >= 11 is 0. The van der Waals surface area contributed by atoms with E-state index in [9.17, 15) is 9.90 Å². The molecule has 1 amide bonds. The number of fused-ring (bicyclic) bond motifs is 1. The number of phenols is 1. The van der Waals surface area contributed by atoms with Gasteiger partial charge in [0.1, 0.15) is 11.4 Å². The number of carbonyl (C=O) groups excluding carboxylic acids is 1. The fourth-order valence-electron chi connectivity index (χ4n) is 2.70. The van der Waals surface area contributed by atoms with Crippen LogP contribution in [0, 0.1) is 13.8 Å². The molecule has 23 heavy (non-hydrogen) atoms. The Kier molecular flexibility index (Phi) is 4.02. The van der Waals surface area contributed by atoms with Crippen LogP contribution >= 0.6 is 0 Å². The molecule has 0 unspecified atom stereocenters. The highest BCUT2D eigenvalue weighted by molar-refractivity contribution is 5.91. The zero-order chi connectivity index (χ0) is 16.4. The SMILES string of the molecule is Cc1cc(O)ccc1NC(=O)CCc1c(C)nc2ccccn12. The number of benzene rings is 1. The summed E-state index contributed by atoms with van der Waals surface area (Å²) in [5.74, 6) is 0.144. The van der Waals surface area contributed by atoms with Gasteiger partial charge >= 0.3 is 0 Å². The fraction of sp³-hybridized carbons (Fsp3) is 0.222. The molecule has 118 valence electrons. The number of carbonyl (C=O) groups is 1. The molecule has 0 bridgehead atoms. The maximum atomic E-state index is 12.2. The third-order valence-corrected chi connectivity index (χ3v) is 3.90. The number of imidazole rings is 1. The largest absolute Gasteiger partial charge is 0.508 e. The number of hydrogen-bond donors (Lipinski definition) is 2. The summed E-state index contributed by atoms with van der Waals surface area (Å²) in [4.78, 5) is 16.7. The summed E-state index contributed by atoms with van der Waals surface area (Å²) in [7, 11) is 0. The molecule has 0 aliphatic rings. The molecule has 3 aromatic rings. The summed E-state index contributed by atoms with van der Waals surface area (Å²) in [5.41, 5.74) is 4.46. The van der Waals surface area contributed by atoms with Gasteiger partial charge in [0.05, 0.1) is 5.69 Å². The predicted molar refractivity (Wildman–Crippen MR) is 89.7 cm³/mol. The average molecular weight is 309 g/mol. The van der Waals surface area contributed by atoms with Gasteiger partial charge in [0.2, 0.25) is 5.91 Å². The minimum absolute atomic E-state index is 0.0518. The Balaban J connectivity index is 1.70. The van der Waals surface area contributed by atoms with Crippen molar-refractivity contribution in [3.63, 3.8) is 0 Å². The van der Waals surface area contributed by atoms with Crippen LogP contribution in [0.5, 0.6) is 5.75 Å². The standard InChI is InChI=1S/C18H19N3O2/c1-12-11-14(22)6-7-15(12)20-18(23)9-8-16-13(2)19-17-5-3-4-10-21(16)17/h3-7,10-11,22H,8-9H2,1-2H3,(H,20,23). The van der Waals surface area contributed by atoms with Gasteiger partial charge < -0.3 is 14.8 Å². The summed E-state index contributed by atoms with van der Waals surface area (Å²) in [6.45, 7) is 3.81. The van der Waals surface area contributed by atoms with E-state index in [-0.39, 0.29) is 11.7 Å². The highest BCUT2D eigenvalue weighted by atomic mass is 16.3. The molecule has 5 heteroatoms. The van der Waals surface area contributed by atoms with Gasteiger partial charge in [-0.1, -0.05) is 6.07 Å². The van der Waals surface area contributed by atoms with E-state index >= 15 is 0 Å². The van der Waals surface area contributed by atoms with E-state index in [1.165, 1.54) is 0 Å². The van der Waals surface area contributed by atoms with Crippen molar-refractivity contribution in [2.45, 2.75) is 26.7 Å².